The van der Waals surface area contributed by atoms with Gasteiger partial charge >= 0.3 is 0 Å². The lowest BCUT2D eigenvalue weighted by atomic mass is 10.1. The highest BCUT2D eigenvalue weighted by Crippen LogP contribution is 2.38. The topological polar surface area (TPSA) is 83.9 Å². The van der Waals surface area contributed by atoms with E-state index in [1.165, 1.54) is 0 Å². The summed E-state index contributed by atoms with van der Waals surface area (Å²) in [5.74, 6) is 1.36. The molecule has 0 spiro atoms. The van der Waals surface area contributed by atoms with Crippen molar-refractivity contribution in [3.63, 3.8) is 0 Å². The molecule has 0 unspecified atom stereocenters. The summed E-state index contributed by atoms with van der Waals surface area (Å²) in [6.07, 6.45) is 0.353. The number of morpholine rings is 1. The van der Waals surface area contributed by atoms with Gasteiger partial charge in [-0.2, -0.15) is 0 Å². The van der Waals surface area contributed by atoms with Crippen molar-refractivity contribution in [2.45, 2.75) is 18.6 Å². The van der Waals surface area contributed by atoms with E-state index in [0.29, 0.717) is 55.5 Å². The van der Waals surface area contributed by atoms with Crippen LogP contribution in [0.15, 0.2) is 42.5 Å². The van der Waals surface area contributed by atoms with E-state index in [4.69, 9.17) is 18.9 Å². The van der Waals surface area contributed by atoms with E-state index in [1.54, 1.807) is 33.5 Å². The third-order valence-corrected chi connectivity index (χ3v) is 7.04. The summed E-state index contributed by atoms with van der Waals surface area (Å²) in [5.41, 5.74) is 1.67. The van der Waals surface area contributed by atoms with Gasteiger partial charge in [0, 0.05) is 57.9 Å². The molecule has 2 fully saturated rings. The Balaban J connectivity index is 1.25. The van der Waals surface area contributed by atoms with Crippen LogP contribution in [0.25, 0.3) is 0 Å². The van der Waals surface area contributed by atoms with Crippen molar-refractivity contribution < 1.29 is 28.8 Å². The maximum absolute atomic E-state index is 13.2. The fraction of sp³-hybridized carbons (Fsp3) is 0.536. The van der Waals surface area contributed by atoms with E-state index in [0.717, 1.165) is 38.3 Å². The van der Waals surface area contributed by atoms with E-state index >= 15 is 0 Å². The van der Waals surface area contributed by atoms with Crippen LogP contribution in [0, 0.1) is 0 Å². The summed E-state index contributed by atoms with van der Waals surface area (Å²) < 4.78 is 22.2. The summed E-state index contributed by atoms with van der Waals surface area (Å²) in [6.45, 7) is 6.62. The van der Waals surface area contributed by atoms with Gasteiger partial charge in [0.1, 0.15) is 0 Å². The molecule has 0 bridgehead atoms. The number of carbonyl (C=O) groups is 1. The molecule has 2 aromatic carbocycles. The lowest BCUT2D eigenvalue weighted by Crippen LogP contribution is -2.54. The Labute approximate surface area is 219 Å². The molecule has 4 rings (SSSR count). The van der Waals surface area contributed by atoms with E-state index in [1.807, 2.05) is 23.1 Å². The first-order valence-corrected chi connectivity index (χ1v) is 12.9. The molecule has 2 saturated heterocycles. The number of β-amino-alcohol motifs (C(OH)–C–C–N with tert-alkyl or cyclic N) is 1. The minimum absolute atomic E-state index is 0.0496. The Hall–Kier alpha value is -2.85. The fourth-order valence-electron chi connectivity index (χ4n) is 5.11. The molecule has 0 aliphatic carbocycles. The number of rotatable bonds is 10. The predicted octanol–water partition coefficient (Wildman–Crippen LogP) is 1.77. The Kier molecular flexibility index (Phi) is 9.62. The number of ether oxygens (including phenoxy) is 4. The highest BCUT2D eigenvalue weighted by molar-refractivity contribution is 5.95. The lowest BCUT2D eigenvalue weighted by molar-refractivity contribution is -0.0562. The number of amides is 1. The van der Waals surface area contributed by atoms with Crippen molar-refractivity contribution in [1.29, 1.82) is 0 Å². The first-order chi connectivity index (χ1) is 18.0. The van der Waals surface area contributed by atoms with Crippen molar-refractivity contribution in [2.75, 3.05) is 80.3 Å². The normalized spacial score (nSPS) is 19.9. The number of aliphatic hydroxyl groups excluding tert-OH is 1. The zero-order valence-corrected chi connectivity index (χ0v) is 22.1. The molecule has 2 heterocycles. The number of piperazine rings is 1. The van der Waals surface area contributed by atoms with Gasteiger partial charge in [0.15, 0.2) is 11.5 Å². The molecule has 9 heteroatoms. The van der Waals surface area contributed by atoms with Gasteiger partial charge in [0.25, 0.3) is 5.91 Å². The quantitative estimate of drug-likeness (QED) is 0.515. The first-order valence-electron chi connectivity index (χ1n) is 12.9. The SMILES string of the molecule is COc1cc(C(=O)N2CCN(C[C@H]3CN(C[C@@H](O)Cc4ccccc4)CCO3)CC2)cc(OC)c1OC. The van der Waals surface area contributed by atoms with Gasteiger partial charge in [-0.1, -0.05) is 30.3 Å². The maximum Gasteiger partial charge on any atom is 0.254 e. The zero-order valence-electron chi connectivity index (χ0n) is 22.1. The van der Waals surface area contributed by atoms with Crippen LogP contribution >= 0.6 is 0 Å². The van der Waals surface area contributed by atoms with E-state index in [2.05, 4.69) is 21.9 Å². The molecule has 2 aliphatic rings. The number of hydrogen-bond donors (Lipinski definition) is 1. The third-order valence-electron chi connectivity index (χ3n) is 7.04. The van der Waals surface area contributed by atoms with Crippen LogP contribution in [-0.4, -0.2) is 118 Å². The third kappa shape index (κ3) is 7.13. The molecule has 2 aromatic rings. The van der Waals surface area contributed by atoms with E-state index in [9.17, 15) is 9.90 Å². The second kappa shape index (κ2) is 13.1. The van der Waals surface area contributed by atoms with Crippen molar-refractivity contribution in [2.24, 2.45) is 0 Å². The summed E-state index contributed by atoms with van der Waals surface area (Å²) in [4.78, 5) is 19.7. The monoisotopic (exact) mass is 513 g/mol. The Morgan fingerprint density at radius 2 is 1.65 bits per heavy atom. The molecule has 202 valence electrons. The van der Waals surface area contributed by atoms with Crippen LogP contribution in [0.1, 0.15) is 15.9 Å². The van der Waals surface area contributed by atoms with Crippen molar-refractivity contribution in [1.82, 2.24) is 14.7 Å². The molecule has 9 nitrogen and oxygen atoms in total. The second-order valence-corrected chi connectivity index (χ2v) is 9.60. The Bertz CT molecular complexity index is 987. The van der Waals surface area contributed by atoms with E-state index < -0.39 is 6.10 Å². The van der Waals surface area contributed by atoms with Crippen LogP contribution in [0.2, 0.25) is 0 Å². The van der Waals surface area contributed by atoms with Gasteiger partial charge in [0.05, 0.1) is 40.1 Å². The summed E-state index contributed by atoms with van der Waals surface area (Å²) in [7, 11) is 4.63. The zero-order chi connectivity index (χ0) is 26.2. The molecule has 0 saturated carbocycles. The predicted molar refractivity (Wildman–Crippen MR) is 141 cm³/mol. The standard InChI is InChI=1S/C28H39N3O6/c1-34-25-16-22(17-26(35-2)27(25)36-3)28(33)31-11-9-29(10-12-31)19-24-20-30(13-14-37-24)18-23(32)15-21-7-5-4-6-8-21/h4-8,16-17,23-24,32H,9-15,18-20H2,1-3H3/t23-,24-/m0/s1. The number of benzene rings is 2. The Morgan fingerprint density at radius 3 is 2.27 bits per heavy atom. The molecule has 1 N–H and O–H groups in total. The van der Waals surface area contributed by atoms with Crippen molar-refractivity contribution in [3.8, 4) is 17.2 Å². The number of carbonyl (C=O) groups excluding carboxylic acids is 1. The lowest BCUT2D eigenvalue weighted by Gasteiger charge is -2.39. The highest BCUT2D eigenvalue weighted by Gasteiger charge is 2.28. The molecule has 1 amide bonds. The summed E-state index contributed by atoms with van der Waals surface area (Å²) in [5, 5.41) is 10.6. The molecular weight excluding hydrogens is 474 g/mol. The van der Waals surface area contributed by atoms with Crippen LogP contribution < -0.4 is 14.2 Å². The van der Waals surface area contributed by atoms with Gasteiger partial charge in [-0.05, 0) is 24.1 Å². The van der Waals surface area contributed by atoms with Crippen molar-refractivity contribution >= 4 is 5.91 Å². The van der Waals surface area contributed by atoms with Crippen LogP contribution in [0.4, 0.5) is 0 Å². The van der Waals surface area contributed by atoms with Crippen LogP contribution in [0.5, 0.6) is 17.2 Å². The highest BCUT2D eigenvalue weighted by atomic mass is 16.5. The number of nitrogens with zero attached hydrogens (tertiary/aromatic N) is 3. The average Bonchev–Trinajstić information content (AvgIpc) is 2.93. The number of hydrogen-bond acceptors (Lipinski definition) is 8. The molecule has 37 heavy (non-hydrogen) atoms. The molecule has 0 radical (unpaired) electrons. The fourth-order valence-corrected chi connectivity index (χ4v) is 5.11. The van der Waals surface area contributed by atoms with Gasteiger partial charge in [-0.15, -0.1) is 0 Å². The maximum atomic E-state index is 13.2. The molecule has 2 atom stereocenters. The summed E-state index contributed by atoms with van der Waals surface area (Å²) in [6, 6.07) is 13.5. The minimum atomic E-state index is -0.397. The average molecular weight is 514 g/mol. The van der Waals surface area contributed by atoms with Gasteiger partial charge < -0.3 is 29.0 Å². The largest absolute Gasteiger partial charge is 0.493 e. The molecule has 0 aromatic heterocycles. The molecular formula is C28H39N3O6. The first kappa shape index (κ1) is 27.2. The van der Waals surface area contributed by atoms with Gasteiger partial charge in [-0.25, -0.2) is 0 Å². The smallest absolute Gasteiger partial charge is 0.254 e. The molecule has 2 aliphatic heterocycles. The van der Waals surface area contributed by atoms with Gasteiger partial charge in [0.2, 0.25) is 5.75 Å². The Morgan fingerprint density at radius 1 is 0.973 bits per heavy atom. The van der Waals surface area contributed by atoms with Crippen LogP contribution in [0.3, 0.4) is 0 Å². The minimum Gasteiger partial charge on any atom is -0.493 e. The number of methoxy groups -OCH3 is 3. The number of aliphatic hydroxyl groups is 1. The van der Waals surface area contributed by atoms with E-state index in [-0.39, 0.29) is 12.0 Å². The van der Waals surface area contributed by atoms with Gasteiger partial charge in [-0.3, -0.25) is 14.6 Å². The van der Waals surface area contributed by atoms with Crippen molar-refractivity contribution in [3.05, 3.63) is 53.6 Å². The summed E-state index contributed by atoms with van der Waals surface area (Å²) >= 11 is 0. The second-order valence-electron chi connectivity index (χ2n) is 9.60. The van der Waals surface area contributed by atoms with Crippen LogP contribution in [-0.2, 0) is 11.2 Å².